The molecule has 1 atom stereocenters. The quantitative estimate of drug-likeness (QED) is 0.827. The number of carbonyl (C=O) groups is 2. The smallest absolute Gasteiger partial charge is 0.266 e. The fourth-order valence-electron chi connectivity index (χ4n) is 3.53. The number of hydrogen-bond acceptors (Lipinski definition) is 5. The molecule has 2 aliphatic heterocycles. The molecule has 0 N–H and O–H groups in total. The molecule has 0 aromatic carbocycles. The molecule has 0 bridgehead atoms. The first-order valence-corrected chi connectivity index (χ1v) is 8.73. The van der Waals surface area contributed by atoms with Crippen molar-refractivity contribution in [3.63, 3.8) is 0 Å². The lowest BCUT2D eigenvalue weighted by atomic mass is 9.92. The Kier molecular flexibility index (Phi) is 4.94. The maximum absolute atomic E-state index is 12.9. The van der Waals surface area contributed by atoms with Crippen molar-refractivity contribution >= 4 is 17.6 Å². The van der Waals surface area contributed by atoms with Crippen LogP contribution in [0, 0.1) is 0 Å². The molecule has 1 saturated heterocycles. The number of fused-ring (bicyclic) bond motifs is 1. The molecule has 25 heavy (non-hydrogen) atoms. The van der Waals surface area contributed by atoms with Crippen LogP contribution in [0.5, 0.6) is 5.75 Å². The van der Waals surface area contributed by atoms with Crippen molar-refractivity contribution in [1.29, 1.82) is 0 Å². The standard InChI is InChI=1S/C18H25N3O4/c1-4-20(13-7-9-25-18(2,3)10-13)15(22)11-21-16(23)12-24-14-6-5-8-19-17(14)21/h5-6,8,13H,4,7,9-12H2,1-3H3/t13-/m0/s1. The van der Waals surface area contributed by atoms with Crippen molar-refractivity contribution in [3.8, 4) is 5.75 Å². The SMILES string of the molecule is CCN(C(=O)CN1C(=O)COc2cccnc21)[C@H]1CCOC(C)(C)C1. The van der Waals surface area contributed by atoms with E-state index in [-0.39, 0.29) is 36.6 Å². The largest absolute Gasteiger partial charge is 0.480 e. The van der Waals surface area contributed by atoms with Gasteiger partial charge in [-0.3, -0.25) is 14.5 Å². The van der Waals surface area contributed by atoms with E-state index in [0.717, 1.165) is 12.8 Å². The second-order valence-corrected chi connectivity index (χ2v) is 7.03. The van der Waals surface area contributed by atoms with E-state index in [1.165, 1.54) is 4.90 Å². The van der Waals surface area contributed by atoms with Crippen LogP contribution in [0.25, 0.3) is 0 Å². The molecule has 0 spiro atoms. The van der Waals surface area contributed by atoms with Gasteiger partial charge in [0.05, 0.1) is 5.60 Å². The predicted molar refractivity (Wildman–Crippen MR) is 92.5 cm³/mol. The summed E-state index contributed by atoms with van der Waals surface area (Å²) >= 11 is 0. The summed E-state index contributed by atoms with van der Waals surface area (Å²) in [4.78, 5) is 32.7. The van der Waals surface area contributed by atoms with Gasteiger partial charge in [0.25, 0.3) is 5.91 Å². The number of likely N-dealkylation sites (N-methyl/N-ethyl adjacent to an activating group) is 1. The van der Waals surface area contributed by atoms with Gasteiger partial charge >= 0.3 is 0 Å². The monoisotopic (exact) mass is 347 g/mol. The molecular formula is C18H25N3O4. The molecule has 1 aromatic rings. The number of hydrogen-bond donors (Lipinski definition) is 0. The van der Waals surface area contributed by atoms with E-state index in [9.17, 15) is 9.59 Å². The highest BCUT2D eigenvalue weighted by atomic mass is 16.5. The summed E-state index contributed by atoms with van der Waals surface area (Å²) in [6.45, 7) is 7.22. The Labute approximate surface area is 147 Å². The van der Waals surface area contributed by atoms with Gasteiger partial charge in [-0.15, -0.1) is 0 Å². The van der Waals surface area contributed by atoms with Crippen LogP contribution in [-0.2, 0) is 14.3 Å². The number of carbonyl (C=O) groups excluding carboxylic acids is 2. The molecule has 7 heteroatoms. The summed E-state index contributed by atoms with van der Waals surface area (Å²) in [7, 11) is 0. The number of aromatic nitrogens is 1. The zero-order chi connectivity index (χ0) is 18.0. The molecule has 3 rings (SSSR count). The van der Waals surface area contributed by atoms with E-state index in [4.69, 9.17) is 9.47 Å². The summed E-state index contributed by atoms with van der Waals surface area (Å²) in [5.74, 6) is 0.626. The fraction of sp³-hybridized carbons (Fsp3) is 0.611. The third kappa shape index (κ3) is 3.76. The summed E-state index contributed by atoms with van der Waals surface area (Å²) in [6.07, 6.45) is 3.20. The number of nitrogens with zero attached hydrogens (tertiary/aromatic N) is 3. The average Bonchev–Trinajstić information content (AvgIpc) is 2.57. The minimum absolute atomic E-state index is 0.0160. The third-order valence-electron chi connectivity index (χ3n) is 4.73. The van der Waals surface area contributed by atoms with Crippen LogP contribution in [0.4, 0.5) is 5.82 Å². The van der Waals surface area contributed by atoms with Gasteiger partial charge in [-0.25, -0.2) is 4.98 Å². The molecule has 2 aliphatic rings. The first-order chi connectivity index (χ1) is 11.9. The molecule has 1 aromatic heterocycles. The Morgan fingerprint density at radius 3 is 3.00 bits per heavy atom. The van der Waals surface area contributed by atoms with Gasteiger partial charge in [0.1, 0.15) is 6.54 Å². The summed E-state index contributed by atoms with van der Waals surface area (Å²) < 4.78 is 11.1. The van der Waals surface area contributed by atoms with Gasteiger partial charge in [-0.2, -0.15) is 0 Å². The minimum atomic E-state index is -0.247. The van der Waals surface area contributed by atoms with Crippen molar-refractivity contribution in [3.05, 3.63) is 18.3 Å². The lowest BCUT2D eigenvalue weighted by Crippen LogP contribution is -2.52. The van der Waals surface area contributed by atoms with Crippen LogP contribution in [0.1, 0.15) is 33.6 Å². The predicted octanol–water partition coefficient (Wildman–Crippen LogP) is 1.61. The third-order valence-corrected chi connectivity index (χ3v) is 4.73. The topological polar surface area (TPSA) is 72.0 Å². The number of anilines is 1. The Morgan fingerprint density at radius 1 is 1.48 bits per heavy atom. The number of pyridine rings is 1. The van der Waals surface area contributed by atoms with Crippen LogP contribution in [0.2, 0.25) is 0 Å². The second-order valence-electron chi connectivity index (χ2n) is 7.03. The van der Waals surface area contributed by atoms with Gasteiger partial charge in [0, 0.05) is 25.4 Å². The van der Waals surface area contributed by atoms with Crippen LogP contribution in [-0.4, -0.2) is 59.6 Å². The molecule has 3 heterocycles. The Balaban J connectivity index is 1.75. The van der Waals surface area contributed by atoms with E-state index < -0.39 is 0 Å². The molecule has 2 amide bonds. The fourth-order valence-corrected chi connectivity index (χ4v) is 3.53. The van der Waals surface area contributed by atoms with Gasteiger partial charge in [0.2, 0.25) is 5.91 Å². The van der Waals surface area contributed by atoms with E-state index in [0.29, 0.717) is 24.7 Å². The van der Waals surface area contributed by atoms with Crippen LogP contribution < -0.4 is 9.64 Å². The molecular weight excluding hydrogens is 322 g/mol. The summed E-state index contributed by atoms with van der Waals surface area (Å²) in [6, 6.07) is 3.63. The minimum Gasteiger partial charge on any atom is -0.480 e. The van der Waals surface area contributed by atoms with E-state index in [2.05, 4.69) is 4.98 Å². The number of rotatable bonds is 4. The number of ether oxygens (including phenoxy) is 2. The highest BCUT2D eigenvalue weighted by Gasteiger charge is 2.36. The maximum atomic E-state index is 12.9. The van der Waals surface area contributed by atoms with Crippen LogP contribution in [0.3, 0.4) is 0 Å². The van der Waals surface area contributed by atoms with Crippen molar-refractivity contribution in [2.24, 2.45) is 0 Å². The van der Waals surface area contributed by atoms with Gasteiger partial charge in [-0.1, -0.05) is 0 Å². The molecule has 7 nitrogen and oxygen atoms in total. The highest BCUT2D eigenvalue weighted by molar-refractivity contribution is 6.01. The number of amides is 2. The second kappa shape index (κ2) is 7.00. The van der Waals surface area contributed by atoms with Crippen LogP contribution in [0.15, 0.2) is 18.3 Å². The van der Waals surface area contributed by atoms with E-state index in [1.807, 2.05) is 25.7 Å². The average molecular weight is 347 g/mol. The Hall–Kier alpha value is -2.15. The first-order valence-electron chi connectivity index (χ1n) is 8.73. The molecule has 1 fully saturated rings. The van der Waals surface area contributed by atoms with E-state index >= 15 is 0 Å². The zero-order valence-corrected chi connectivity index (χ0v) is 15.0. The first kappa shape index (κ1) is 17.7. The molecule has 136 valence electrons. The molecule has 0 unspecified atom stereocenters. The zero-order valence-electron chi connectivity index (χ0n) is 15.0. The van der Waals surface area contributed by atoms with Crippen molar-refractivity contribution < 1.29 is 19.1 Å². The molecule has 0 saturated carbocycles. The van der Waals surface area contributed by atoms with E-state index in [1.54, 1.807) is 18.3 Å². The highest BCUT2D eigenvalue weighted by Crippen LogP contribution is 2.30. The molecule has 0 radical (unpaired) electrons. The lowest BCUT2D eigenvalue weighted by Gasteiger charge is -2.41. The van der Waals surface area contributed by atoms with Gasteiger partial charge in [0.15, 0.2) is 18.2 Å². The van der Waals surface area contributed by atoms with Gasteiger partial charge in [-0.05, 0) is 45.7 Å². The summed E-state index contributed by atoms with van der Waals surface area (Å²) in [5, 5.41) is 0. The lowest BCUT2D eigenvalue weighted by molar-refractivity contribution is -0.139. The van der Waals surface area contributed by atoms with Crippen molar-refractivity contribution in [2.45, 2.75) is 45.3 Å². The normalized spacial score (nSPS) is 22.1. The molecule has 0 aliphatic carbocycles. The van der Waals surface area contributed by atoms with Crippen molar-refractivity contribution in [1.82, 2.24) is 9.88 Å². The Morgan fingerprint density at radius 2 is 2.28 bits per heavy atom. The Bertz CT molecular complexity index is 661. The van der Waals surface area contributed by atoms with Gasteiger partial charge < -0.3 is 14.4 Å². The van der Waals surface area contributed by atoms with Crippen molar-refractivity contribution in [2.75, 3.05) is 31.2 Å². The summed E-state index contributed by atoms with van der Waals surface area (Å²) in [5.41, 5.74) is -0.237. The van der Waals surface area contributed by atoms with Crippen LogP contribution >= 0.6 is 0 Å². The maximum Gasteiger partial charge on any atom is 0.266 e.